The van der Waals surface area contributed by atoms with E-state index in [1.165, 1.54) is 24.1 Å². The fourth-order valence-corrected chi connectivity index (χ4v) is 5.60. The number of halogens is 3. The number of carbonyl (C=O) groups excluding carboxylic acids is 1. The average molecular weight is 527 g/mol. The lowest BCUT2D eigenvalue weighted by molar-refractivity contribution is -0.133. The molecule has 1 amide bonds. The maximum atomic E-state index is 13.7. The van der Waals surface area contributed by atoms with Gasteiger partial charge < -0.3 is 14.7 Å². The third-order valence-corrected chi connectivity index (χ3v) is 7.61. The zero-order valence-electron chi connectivity index (χ0n) is 19.7. The van der Waals surface area contributed by atoms with Crippen molar-refractivity contribution >= 4 is 48.1 Å². The Morgan fingerprint density at radius 1 is 1.03 bits per heavy atom. The van der Waals surface area contributed by atoms with E-state index in [9.17, 15) is 4.79 Å². The predicted molar refractivity (Wildman–Crippen MR) is 142 cm³/mol. The highest BCUT2D eigenvalue weighted by atomic mass is 35.5. The third-order valence-electron chi connectivity index (χ3n) is 7.35. The first-order chi connectivity index (χ1) is 15.6. The Hall–Kier alpha value is -1.60. The number of aromatic nitrogens is 2. The van der Waals surface area contributed by atoms with Crippen molar-refractivity contribution in [3.63, 3.8) is 0 Å². The monoisotopic (exact) mass is 525 g/mol. The molecule has 1 unspecified atom stereocenters. The highest BCUT2D eigenvalue weighted by Crippen LogP contribution is 2.37. The summed E-state index contributed by atoms with van der Waals surface area (Å²) in [4.78, 5) is 29.7. The van der Waals surface area contributed by atoms with E-state index in [4.69, 9.17) is 11.6 Å². The van der Waals surface area contributed by atoms with Crippen LogP contribution in [-0.2, 0) is 11.2 Å². The van der Waals surface area contributed by atoms with Crippen LogP contribution in [0.5, 0.6) is 0 Å². The first-order valence-electron chi connectivity index (χ1n) is 12.0. The number of piperazine rings is 1. The molecule has 0 spiro atoms. The highest BCUT2D eigenvalue weighted by Gasteiger charge is 2.33. The van der Waals surface area contributed by atoms with Gasteiger partial charge in [-0.25, -0.2) is 9.97 Å². The number of nitrogens with zero attached hydrogens (tertiary/aromatic N) is 5. The Kier molecular flexibility index (Phi) is 9.44. The van der Waals surface area contributed by atoms with Gasteiger partial charge in [0.05, 0.1) is 5.92 Å². The second kappa shape index (κ2) is 11.9. The van der Waals surface area contributed by atoms with Crippen LogP contribution in [0.25, 0.3) is 0 Å². The van der Waals surface area contributed by atoms with Gasteiger partial charge in [0.2, 0.25) is 5.91 Å². The topological polar surface area (TPSA) is 52.6 Å². The van der Waals surface area contributed by atoms with E-state index in [0.717, 1.165) is 70.0 Å². The molecule has 1 aromatic carbocycles. The van der Waals surface area contributed by atoms with Crippen LogP contribution in [0.4, 0.5) is 5.82 Å². The van der Waals surface area contributed by atoms with Gasteiger partial charge >= 0.3 is 0 Å². The van der Waals surface area contributed by atoms with Crippen molar-refractivity contribution < 1.29 is 4.79 Å². The van der Waals surface area contributed by atoms with Crippen LogP contribution in [0.1, 0.15) is 54.8 Å². The van der Waals surface area contributed by atoms with Gasteiger partial charge in [0.1, 0.15) is 12.1 Å². The Bertz CT molecular complexity index is 960. The molecule has 2 saturated heterocycles. The van der Waals surface area contributed by atoms with Crippen LogP contribution < -0.4 is 4.90 Å². The predicted octanol–water partition coefficient (Wildman–Crippen LogP) is 4.55. The van der Waals surface area contributed by atoms with Gasteiger partial charge in [-0.2, -0.15) is 0 Å². The minimum absolute atomic E-state index is 0. The number of likely N-dealkylation sites (tertiary alicyclic amines) is 1. The average Bonchev–Trinajstić information content (AvgIpc) is 3.48. The normalized spacial score (nSPS) is 20.9. The Labute approximate surface area is 219 Å². The van der Waals surface area contributed by atoms with Gasteiger partial charge in [0.15, 0.2) is 0 Å². The standard InChI is InChI=1S/C25H32ClN5O.2ClH/c1-18-4-9-22-23(18)24(28-17-27-22)30-12-14-31(15-13-30)25(32)21(16-29-10-2-3-11-29)19-5-7-20(26)8-6-19;;/h5-8,17-18,21H,2-4,9-16H2,1H3;2*1H/t18-,21?;;/m1../s1. The Morgan fingerprint density at radius 3 is 2.38 bits per heavy atom. The summed E-state index contributed by atoms with van der Waals surface area (Å²) in [5.74, 6) is 1.69. The van der Waals surface area contributed by atoms with Crippen molar-refractivity contribution in [1.29, 1.82) is 0 Å². The van der Waals surface area contributed by atoms with Gasteiger partial charge in [-0.15, -0.1) is 24.8 Å². The van der Waals surface area contributed by atoms with Crippen molar-refractivity contribution in [1.82, 2.24) is 19.8 Å². The molecule has 186 valence electrons. The molecular weight excluding hydrogens is 493 g/mol. The van der Waals surface area contributed by atoms with Gasteiger partial charge in [0, 0.05) is 49.0 Å². The molecule has 1 aliphatic carbocycles. The maximum absolute atomic E-state index is 13.7. The summed E-state index contributed by atoms with van der Waals surface area (Å²) in [5, 5.41) is 0.710. The fraction of sp³-hybridized carbons (Fsp3) is 0.560. The smallest absolute Gasteiger partial charge is 0.231 e. The maximum Gasteiger partial charge on any atom is 0.231 e. The summed E-state index contributed by atoms with van der Waals surface area (Å²) in [6.07, 6.45) is 6.35. The molecule has 0 bridgehead atoms. The summed E-state index contributed by atoms with van der Waals surface area (Å²) in [6.45, 7) is 8.33. The quantitative estimate of drug-likeness (QED) is 0.572. The number of hydrogen-bond donors (Lipinski definition) is 0. The summed E-state index contributed by atoms with van der Waals surface area (Å²) in [5.41, 5.74) is 3.59. The molecule has 1 aromatic heterocycles. The molecule has 2 aliphatic heterocycles. The van der Waals surface area contributed by atoms with Crippen molar-refractivity contribution in [3.05, 3.63) is 52.4 Å². The molecule has 2 fully saturated rings. The van der Waals surface area contributed by atoms with Crippen LogP contribution >= 0.6 is 36.4 Å². The fourth-order valence-electron chi connectivity index (χ4n) is 5.48. The lowest BCUT2D eigenvalue weighted by Crippen LogP contribution is -2.51. The van der Waals surface area contributed by atoms with E-state index in [1.54, 1.807) is 6.33 Å². The molecule has 0 radical (unpaired) electrons. The van der Waals surface area contributed by atoms with Gasteiger partial charge in [-0.1, -0.05) is 30.7 Å². The molecule has 2 aromatic rings. The molecule has 3 heterocycles. The number of carbonyl (C=O) groups is 1. The summed E-state index contributed by atoms with van der Waals surface area (Å²) >= 11 is 6.12. The first kappa shape index (κ1) is 27.0. The zero-order chi connectivity index (χ0) is 22.1. The number of fused-ring (bicyclic) bond motifs is 1. The van der Waals surface area contributed by atoms with Crippen LogP contribution in [0.2, 0.25) is 5.02 Å². The largest absolute Gasteiger partial charge is 0.353 e. The van der Waals surface area contributed by atoms with E-state index in [1.807, 2.05) is 24.3 Å². The van der Waals surface area contributed by atoms with Gasteiger partial charge in [-0.05, 0) is 62.4 Å². The van der Waals surface area contributed by atoms with Gasteiger partial charge in [-0.3, -0.25) is 4.79 Å². The van der Waals surface area contributed by atoms with Crippen molar-refractivity contribution in [2.24, 2.45) is 0 Å². The Balaban J connectivity index is 0.00000162. The first-order valence-corrected chi connectivity index (χ1v) is 12.3. The minimum atomic E-state index is -0.139. The summed E-state index contributed by atoms with van der Waals surface area (Å²) in [7, 11) is 0. The number of rotatable bonds is 5. The zero-order valence-corrected chi connectivity index (χ0v) is 22.0. The number of amides is 1. The van der Waals surface area contributed by atoms with Crippen LogP contribution in [0, 0.1) is 0 Å². The third kappa shape index (κ3) is 5.62. The van der Waals surface area contributed by atoms with Crippen LogP contribution in [0.3, 0.4) is 0 Å². The number of anilines is 1. The molecule has 0 N–H and O–H groups in total. The van der Waals surface area contributed by atoms with E-state index in [2.05, 4.69) is 31.6 Å². The lowest BCUT2D eigenvalue weighted by atomic mass is 9.96. The lowest BCUT2D eigenvalue weighted by Gasteiger charge is -2.38. The van der Waals surface area contributed by atoms with E-state index in [0.29, 0.717) is 10.9 Å². The molecular formula is C25H34Cl3N5O. The second-order valence-electron chi connectivity index (χ2n) is 9.42. The molecule has 34 heavy (non-hydrogen) atoms. The summed E-state index contributed by atoms with van der Waals surface area (Å²) < 4.78 is 0. The summed E-state index contributed by atoms with van der Waals surface area (Å²) in [6, 6.07) is 7.83. The number of benzene rings is 1. The Morgan fingerprint density at radius 2 is 1.71 bits per heavy atom. The number of hydrogen-bond acceptors (Lipinski definition) is 5. The highest BCUT2D eigenvalue weighted by molar-refractivity contribution is 6.30. The van der Waals surface area contributed by atoms with Crippen molar-refractivity contribution in [2.45, 2.75) is 44.4 Å². The van der Waals surface area contributed by atoms with Crippen LogP contribution in [-0.4, -0.2) is 71.5 Å². The minimum Gasteiger partial charge on any atom is -0.353 e. The molecule has 9 heteroatoms. The molecule has 6 nitrogen and oxygen atoms in total. The number of aryl methyl sites for hydroxylation is 1. The SMILES string of the molecule is C[C@@H]1CCc2ncnc(N3CCN(C(=O)C(CN4CCCC4)c4ccc(Cl)cc4)CC3)c21.Cl.Cl. The molecule has 3 aliphatic rings. The van der Waals surface area contributed by atoms with Gasteiger partial charge in [0.25, 0.3) is 0 Å². The second-order valence-corrected chi connectivity index (χ2v) is 9.86. The van der Waals surface area contributed by atoms with E-state index < -0.39 is 0 Å². The molecule has 0 saturated carbocycles. The van der Waals surface area contributed by atoms with Crippen molar-refractivity contribution in [3.8, 4) is 0 Å². The van der Waals surface area contributed by atoms with E-state index in [-0.39, 0.29) is 36.6 Å². The van der Waals surface area contributed by atoms with E-state index >= 15 is 0 Å². The molecule has 5 rings (SSSR count). The van der Waals surface area contributed by atoms with Crippen molar-refractivity contribution in [2.75, 3.05) is 50.7 Å². The van der Waals surface area contributed by atoms with Crippen LogP contribution in [0.15, 0.2) is 30.6 Å². The molecule has 2 atom stereocenters.